The number of nitrogens with zero attached hydrogens (tertiary/aromatic N) is 3. The zero-order valence-corrected chi connectivity index (χ0v) is 11.1. The molecule has 0 amide bonds. The van der Waals surface area contributed by atoms with Crippen LogP contribution in [0.4, 0.5) is 5.95 Å². The minimum Gasteiger partial charge on any atom is -0.480 e. The van der Waals surface area contributed by atoms with Crippen LogP contribution in [0.15, 0.2) is 10.7 Å². The Balaban J connectivity index is 2.83. The molecule has 0 saturated heterocycles. The van der Waals surface area contributed by atoms with Gasteiger partial charge in [0.25, 0.3) is 0 Å². The lowest BCUT2D eigenvalue weighted by molar-refractivity contribution is 0.289. The summed E-state index contributed by atoms with van der Waals surface area (Å²) in [5, 5.41) is 8.80. The number of rotatable bonds is 6. The van der Waals surface area contributed by atoms with Crippen LogP contribution in [0, 0.1) is 0 Å². The number of aliphatic hydroxyl groups excluding tert-OH is 1. The lowest BCUT2D eigenvalue weighted by Crippen LogP contribution is -2.26. The van der Waals surface area contributed by atoms with Gasteiger partial charge in [-0.15, -0.1) is 0 Å². The van der Waals surface area contributed by atoms with Crippen LogP contribution in [0.5, 0.6) is 5.88 Å². The molecular formula is C10H16BrN3O2. The fourth-order valence-electron chi connectivity index (χ4n) is 1.30. The van der Waals surface area contributed by atoms with Gasteiger partial charge in [0.15, 0.2) is 0 Å². The topological polar surface area (TPSA) is 58.5 Å². The zero-order valence-electron chi connectivity index (χ0n) is 9.48. The van der Waals surface area contributed by atoms with Crippen molar-refractivity contribution in [3.8, 4) is 5.88 Å². The summed E-state index contributed by atoms with van der Waals surface area (Å²) >= 11 is 3.31. The third kappa shape index (κ3) is 3.31. The van der Waals surface area contributed by atoms with E-state index in [0.29, 0.717) is 18.2 Å². The molecular weight excluding hydrogens is 274 g/mol. The summed E-state index contributed by atoms with van der Waals surface area (Å²) in [4.78, 5) is 10.5. The van der Waals surface area contributed by atoms with Gasteiger partial charge < -0.3 is 14.7 Å². The molecule has 0 aliphatic rings. The van der Waals surface area contributed by atoms with Crippen molar-refractivity contribution in [1.82, 2.24) is 9.97 Å². The quantitative estimate of drug-likeness (QED) is 0.859. The second-order valence-electron chi connectivity index (χ2n) is 3.18. The molecule has 0 fully saturated rings. The van der Waals surface area contributed by atoms with Gasteiger partial charge in [0.05, 0.1) is 17.8 Å². The van der Waals surface area contributed by atoms with E-state index in [1.807, 2.05) is 11.8 Å². The number of anilines is 1. The highest BCUT2D eigenvalue weighted by Crippen LogP contribution is 2.23. The largest absolute Gasteiger partial charge is 0.480 e. The summed E-state index contributed by atoms with van der Waals surface area (Å²) in [6.45, 7) is 3.72. The standard InChI is InChI=1S/C10H16BrN3O2/c1-3-14(5-4-6-15)10-12-7-8(11)9(13-10)16-2/h7,15H,3-6H2,1-2H3. The van der Waals surface area contributed by atoms with Crippen molar-refractivity contribution in [3.63, 3.8) is 0 Å². The van der Waals surface area contributed by atoms with Crippen LogP contribution in [-0.2, 0) is 0 Å². The Hall–Kier alpha value is -0.880. The van der Waals surface area contributed by atoms with E-state index in [1.54, 1.807) is 13.3 Å². The van der Waals surface area contributed by atoms with Crippen molar-refractivity contribution < 1.29 is 9.84 Å². The Morgan fingerprint density at radius 2 is 2.31 bits per heavy atom. The maximum absolute atomic E-state index is 8.80. The molecule has 1 aromatic rings. The van der Waals surface area contributed by atoms with Crippen LogP contribution >= 0.6 is 15.9 Å². The first kappa shape index (κ1) is 13.2. The van der Waals surface area contributed by atoms with Gasteiger partial charge >= 0.3 is 0 Å². The van der Waals surface area contributed by atoms with Crippen LogP contribution in [0.2, 0.25) is 0 Å². The highest BCUT2D eigenvalue weighted by molar-refractivity contribution is 9.10. The summed E-state index contributed by atoms with van der Waals surface area (Å²) in [6, 6.07) is 0. The van der Waals surface area contributed by atoms with E-state index >= 15 is 0 Å². The molecule has 1 aromatic heterocycles. The van der Waals surface area contributed by atoms with Crippen LogP contribution in [0.1, 0.15) is 13.3 Å². The van der Waals surface area contributed by atoms with E-state index in [1.165, 1.54) is 0 Å². The van der Waals surface area contributed by atoms with E-state index in [-0.39, 0.29) is 6.61 Å². The van der Waals surface area contributed by atoms with Crippen LogP contribution in [0.3, 0.4) is 0 Å². The molecule has 90 valence electrons. The predicted octanol–water partition coefficient (Wildman–Crippen LogP) is 1.46. The molecule has 0 unspecified atom stereocenters. The first-order valence-electron chi connectivity index (χ1n) is 5.15. The van der Waals surface area contributed by atoms with Gasteiger partial charge in [0, 0.05) is 19.7 Å². The molecule has 0 aliphatic carbocycles. The Bertz CT molecular complexity index is 336. The number of halogens is 1. The molecule has 1 heterocycles. The number of aromatic nitrogens is 2. The SMILES string of the molecule is CCN(CCCO)c1ncc(Br)c(OC)n1. The molecule has 0 saturated carbocycles. The fraction of sp³-hybridized carbons (Fsp3) is 0.600. The molecule has 16 heavy (non-hydrogen) atoms. The average molecular weight is 290 g/mol. The second kappa shape index (κ2) is 6.65. The predicted molar refractivity (Wildman–Crippen MR) is 65.9 cm³/mol. The molecule has 6 heteroatoms. The van der Waals surface area contributed by atoms with Gasteiger partial charge in [-0.3, -0.25) is 0 Å². The Morgan fingerprint density at radius 1 is 1.56 bits per heavy atom. The van der Waals surface area contributed by atoms with Gasteiger partial charge in [0.1, 0.15) is 0 Å². The highest BCUT2D eigenvalue weighted by atomic mass is 79.9. The first-order chi connectivity index (χ1) is 7.72. The molecule has 5 nitrogen and oxygen atoms in total. The Morgan fingerprint density at radius 3 is 2.88 bits per heavy atom. The lowest BCUT2D eigenvalue weighted by Gasteiger charge is -2.20. The van der Waals surface area contributed by atoms with Gasteiger partial charge in [-0.1, -0.05) is 0 Å². The summed E-state index contributed by atoms with van der Waals surface area (Å²) in [5.41, 5.74) is 0. The van der Waals surface area contributed by atoms with Crippen molar-refractivity contribution in [2.45, 2.75) is 13.3 Å². The fourth-order valence-corrected chi connectivity index (χ4v) is 1.65. The first-order valence-corrected chi connectivity index (χ1v) is 5.94. The monoisotopic (exact) mass is 289 g/mol. The molecule has 0 bridgehead atoms. The normalized spacial score (nSPS) is 10.2. The number of hydrogen-bond donors (Lipinski definition) is 1. The third-order valence-corrected chi connectivity index (χ3v) is 2.69. The smallest absolute Gasteiger partial charge is 0.232 e. The average Bonchev–Trinajstić information content (AvgIpc) is 2.32. The van der Waals surface area contributed by atoms with Crippen molar-refractivity contribution in [2.75, 3.05) is 31.7 Å². The van der Waals surface area contributed by atoms with Gasteiger partial charge in [0.2, 0.25) is 11.8 Å². The molecule has 1 rings (SSSR count). The Labute approximate surface area is 104 Å². The summed E-state index contributed by atoms with van der Waals surface area (Å²) in [6.07, 6.45) is 2.37. The van der Waals surface area contributed by atoms with E-state index in [9.17, 15) is 0 Å². The molecule has 0 aromatic carbocycles. The summed E-state index contributed by atoms with van der Waals surface area (Å²) in [5.74, 6) is 1.14. The van der Waals surface area contributed by atoms with Crippen molar-refractivity contribution >= 4 is 21.9 Å². The molecule has 0 spiro atoms. The van der Waals surface area contributed by atoms with Gasteiger partial charge in [-0.05, 0) is 29.3 Å². The lowest BCUT2D eigenvalue weighted by atomic mass is 10.4. The van der Waals surface area contributed by atoms with Crippen molar-refractivity contribution in [3.05, 3.63) is 10.7 Å². The van der Waals surface area contributed by atoms with Crippen LogP contribution in [0.25, 0.3) is 0 Å². The maximum Gasteiger partial charge on any atom is 0.232 e. The van der Waals surface area contributed by atoms with E-state index in [2.05, 4.69) is 25.9 Å². The molecule has 0 aliphatic heterocycles. The Kier molecular flexibility index (Phi) is 5.48. The van der Waals surface area contributed by atoms with Crippen molar-refractivity contribution in [1.29, 1.82) is 0 Å². The molecule has 0 radical (unpaired) electrons. The summed E-state index contributed by atoms with van der Waals surface area (Å²) in [7, 11) is 1.57. The number of hydrogen-bond acceptors (Lipinski definition) is 5. The van der Waals surface area contributed by atoms with E-state index in [4.69, 9.17) is 9.84 Å². The minimum atomic E-state index is 0.171. The maximum atomic E-state index is 8.80. The summed E-state index contributed by atoms with van der Waals surface area (Å²) < 4.78 is 5.84. The zero-order chi connectivity index (χ0) is 12.0. The van der Waals surface area contributed by atoms with Crippen molar-refractivity contribution in [2.24, 2.45) is 0 Å². The molecule has 0 atom stereocenters. The third-order valence-electron chi connectivity index (χ3n) is 2.14. The van der Waals surface area contributed by atoms with E-state index < -0.39 is 0 Å². The highest BCUT2D eigenvalue weighted by Gasteiger charge is 2.10. The number of methoxy groups -OCH3 is 1. The van der Waals surface area contributed by atoms with Gasteiger partial charge in [-0.25, -0.2) is 4.98 Å². The van der Waals surface area contributed by atoms with Crippen LogP contribution < -0.4 is 9.64 Å². The number of ether oxygens (including phenoxy) is 1. The van der Waals surface area contributed by atoms with Crippen LogP contribution in [-0.4, -0.2) is 41.9 Å². The minimum absolute atomic E-state index is 0.171. The second-order valence-corrected chi connectivity index (χ2v) is 4.04. The van der Waals surface area contributed by atoms with Gasteiger partial charge in [-0.2, -0.15) is 4.98 Å². The number of aliphatic hydroxyl groups is 1. The molecule has 1 N–H and O–H groups in total. The van der Waals surface area contributed by atoms with E-state index in [0.717, 1.165) is 17.6 Å².